The predicted octanol–water partition coefficient (Wildman–Crippen LogP) is 3.63. The number of aliphatic hydroxyl groups is 1. The Morgan fingerprint density at radius 1 is 1.03 bits per heavy atom. The second-order valence-electron chi connectivity index (χ2n) is 7.70. The van der Waals surface area contributed by atoms with E-state index >= 15 is 0 Å². The zero-order chi connectivity index (χ0) is 25.1. The molecule has 0 saturated carbocycles. The zero-order valence-corrected chi connectivity index (χ0v) is 18.9. The second-order valence-corrected chi connectivity index (χ2v) is 7.70. The summed E-state index contributed by atoms with van der Waals surface area (Å²) in [6, 6.07) is 12.6. The van der Waals surface area contributed by atoms with Crippen LogP contribution in [0.25, 0.3) is 5.76 Å². The number of nitro benzene ring substituents is 1. The molecule has 35 heavy (non-hydrogen) atoms. The van der Waals surface area contributed by atoms with E-state index in [1.165, 1.54) is 49.5 Å². The molecule has 3 aromatic rings. The van der Waals surface area contributed by atoms with E-state index in [0.29, 0.717) is 17.1 Å². The summed E-state index contributed by atoms with van der Waals surface area (Å²) in [5, 5.41) is 22.3. The first-order chi connectivity index (χ1) is 16.8. The first kappa shape index (κ1) is 23.4. The molecular weight excluding hydrogens is 454 g/mol. The lowest BCUT2D eigenvalue weighted by Crippen LogP contribution is -2.29. The molecule has 0 radical (unpaired) electrons. The first-order valence-corrected chi connectivity index (χ1v) is 10.5. The van der Waals surface area contributed by atoms with Crippen LogP contribution >= 0.6 is 0 Å². The van der Waals surface area contributed by atoms with E-state index in [4.69, 9.17) is 9.47 Å². The Bertz CT molecular complexity index is 1320. The molecule has 2 aromatic carbocycles. The molecular formula is C25H21N3O7. The molecule has 1 saturated heterocycles. The minimum Gasteiger partial charge on any atom is -0.507 e. The summed E-state index contributed by atoms with van der Waals surface area (Å²) in [4.78, 5) is 42.1. The summed E-state index contributed by atoms with van der Waals surface area (Å²) in [5.74, 6) is -1.31. The number of ketones is 1. The molecule has 1 amide bonds. The van der Waals surface area contributed by atoms with Crippen molar-refractivity contribution in [2.45, 2.75) is 12.6 Å². The van der Waals surface area contributed by atoms with Gasteiger partial charge in [-0.05, 0) is 53.6 Å². The van der Waals surface area contributed by atoms with Crippen LogP contribution in [0.5, 0.6) is 11.5 Å². The van der Waals surface area contributed by atoms with Crippen molar-refractivity contribution >= 4 is 23.1 Å². The molecule has 1 N–H and O–H groups in total. The Kier molecular flexibility index (Phi) is 6.45. The number of likely N-dealkylation sites (tertiary alicyclic amines) is 1. The van der Waals surface area contributed by atoms with Crippen molar-refractivity contribution < 1.29 is 29.1 Å². The lowest BCUT2D eigenvalue weighted by Gasteiger charge is -2.25. The fraction of sp³-hybridized carbons (Fsp3) is 0.160. The van der Waals surface area contributed by atoms with Gasteiger partial charge in [-0.3, -0.25) is 24.7 Å². The summed E-state index contributed by atoms with van der Waals surface area (Å²) in [6.45, 7) is 0.0669. The zero-order valence-electron chi connectivity index (χ0n) is 18.9. The van der Waals surface area contributed by atoms with Crippen molar-refractivity contribution in [2.75, 3.05) is 14.2 Å². The SMILES string of the molecule is COc1ccc(/C(O)=C2\C(=O)C(=O)N(Cc3ccncc3)C2c2ccc([N+](=O)[O-])cc2)cc1OC. The number of hydrogen-bond acceptors (Lipinski definition) is 8. The van der Waals surface area contributed by atoms with E-state index in [1.54, 1.807) is 36.7 Å². The van der Waals surface area contributed by atoms with Gasteiger partial charge in [-0.2, -0.15) is 0 Å². The third-order valence-electron chi connectivity index (χ3n) is 5.72. The van der Waals surface area contributed by atoms with Gasteiger partial charge in [-0.25, -0.2) is 0 Å². The van der Waals surface area contributed by atoms with Gasteiger partial charge in [-0.15, -0.1) is 0 Å². The number of aliphatic hydroxyl groups excluding tert-OH is 1. The average Bonchev–Trinajstić information content (AvgIpc) is 3.13. The molecule has 1 aliphatic rings. The van der Waals surface area contributed by atoms with Gasteiger partial charge in [0.25, 0.3) is 17.4 Å². The van der Waals surface area contributed by atoms with Gasteiger partial charge in [0.15, 0.2) is 11.5 Å². The van der Waals surface area contributed by atoms with E-state index in [-0.39, 0.29) is 23.4 Å². The standard InChI is InChI=1S/C25H21N3O7/c1-34-19-8-5-17(13-20(19)35-2)23(29)21-22(16-3-6-18(7-4-16)28(32)33)27(25(31)24(21)30)14-15-9-11-26-12-10-15/h3-13,22,29H,14H2,1-2H3/b23-21+. The minimum absolute atomic E-state index is 0.0669. The highest BCUT2D eigenvalue weighted by atomic mass is 16.6. The largest absolute Gasteiger partial charge is 0.507 e. The summed E-state index contributed by atoms with van der Waals surface area (Å²) < 4.78 is 10.5. The van der Waals surface area contributed by atoms with E-state index in [1.807, 2.05) is 0 Å². The quantitative estimate of drug-likeness (QED) is 0.180. The Labute approximate surface area is 200 Å². The van der Waals surface area contributed by atoms with E-state index in [9.17, 15) is 24.8 Å². The number of methoxy groups -OCH3 is 2. The maximum absolute atomic E-state index is 13.2. The van der Waals surface area contributed by atoms with Crippen molar-refractivity contribution in [3.63, 3.8) is 0 Å². The average molecular weight is 475 g/mol. The monoisotopic (exact) mass is 475 g/mol. The first-order valence-electron chi connectivity index (χ1n) is 10.5. The van der Waals surface area contributed by atoms with Crippen molar-refractivity contribution in [2.24, 2.45) is 0 Å². The number of aromatic nitrogens is 1. The summed E-state index contributed by atoms with van der Waals surface area (Å²) in [5.41, 5.74) is 1.13. The number of non-ortho nitro benzene ring substituents is 1. The third kappa shape index (κ3) is 4.41. The summed E-state index contributed by atoms with van der Waals surface area (Å²) in [7, 11) is 2.91. The van der Waals surface area contributed by atoms with Gasteiger partial charge in [0.2, 0.25) is 0 Å². The van der Waals surface area contributed by atoms with E-state index in [2.05, 4.69) is 4.98 Å². The predicted molar refractivity (Wildman–Crippen MR) is 125 cm³/mol. The molecule has 10 heteroatoms. The van der Waals surface area contributed by atoms with Gasteiger partial charge in [0, 0.05) is 36.6 Å². The molecule has 1 atom stereocenters. The second kappa shape index (κ2) is 9.64. The molecule has 178 valence electrons. The minimum atomic E-state index is -0.975. The Morgan fingerprint density at radius 2 is 1.69 bits per heavy atom. The molecule has 1 aliphatic heterocycles. The fourth-order valence-electron chi connectivity index (χ4n) is 3.99. The molecule has 1 fully saturated rings. The Morgan fingerprint density at radius 3 is 2.29 bits per heavy atom. The smallest absolute Gasteiger partial charge is 0.295 e. The van der Waals surface area contributed by atoms with Crippen LogP contribution in [0.15, 0.2) is 72.6 Å². The number of benzene rings is 2. The molecule has 0 bridgehead atoms. The van der Waals surface area contributed by atoms with Gasteiger partial charge in [0.05, 0.1) is 30.8 Å². The van der Waals surface area contributed by atoms with Crippen LogP contribution in [-0.4, -0.2) is 45.8 Å². The fourth-order valence-corrected chi connectivity index (χ4v) is 3.99. The summed E-state index contributed by atoms with van der Waals surface area (Å²) in [6.07, 6.45) is 3.13. The van der Waals surface area contributed by atoms with Crippen LogP contribution in [0, 0.1) is 10.1 Å². The van der Waals surface area contributed by atoms with Crippen LogP contribution in [-0.2, 0) is 16.1 Å². The molecule has 1 unspecified atom stereocenters. The number of ether oxygens (including phenoxy) is 2. The molecule has 0 spiro atoms. The number of carbonyl (C=O) groups excluding carboxylic acids is 2. The highest BCUT2D eigenvalue weighted by molar-refractivity contribution is 6.46. The number of nitro groups is 1. The highest BCUT2D eigenvalue weighted by Gasteiger charge is 2.46. The molecule has 10 nitrogen and oxygen atoms in total. The van der Waals surface area contributed by atoms with E-state index < -0.39 is 28.4 Å². The topological polar surface area (TPSA) is 132 Å². The Hall–Kier alpha value is -4.73. The van der Waals surface area contributed by atoms with Crippen molar-refractivity contribution in [3.05, 3.63) is 99.4 Å². The molecule has 0 aliphatic carbocycles. The van der Waals surface area contributed by atoms with Crippen LogP contribution in [0.1, 0.15) is 22.7 Å². The maximum Gasteiger partial charge on any atom is 0.295 e. The van der Waals surface area contributed by atoms with Crippen LogP contribution in [0.2, 0.25) is 0 Å². The van der Waals surface area contributed by atoms with Crippen molar-refractivity contribution in [1.29, 1.82) is 0 Å². The van der Waals surface area contributed by atoms with Crippen LogP contribution < -0.4 is 9.47 Å². The molecule has 1 aromatic heterocycles. The third-order valence-corrected chi connectivity index (χ3v) is 5.72. The number of carbonyl (C=O) groups is 2. The number of rotatable bonds is 7. The van der Waals surface area contributed by atoms with Crippen molar-refractivity contribution in [3.8, 4) is 11.5 Å². The summed E-state index contributed by atoms with van der Waals surface area (Å²) >= 11 is 0. The highest BCUT2D eigenvalue weighted by Crippen LogP contribution is 2.41. The maximum atomic E-state index is 13.2. The van der Waals surface area contributed by atoms with Gasteiger partial charge in [0.1, 0.15) is 5.76 Å². The number of Topliss-reactive ketones (excluding diaryl/α,β-unsaturated/α-hetero) is 1. The Balaban J connectivity index is 1.87. The van der Waals surface area contributed by atoms with Gasteiger partial charge >= 0.3 is 0 Å². The molecule has 4 rings (SSSR count). The van der Waals surface area contributed by atoms with Crippen LogP contribution in [0.4, 0.5) is 5.69 Å². The van der Waals surface area contributed by atoms with Crippen LogP contribution in [0.3, 0.4) is 0 Å². The normalized spacial score (nSPS) is 16.9. The number of hydrogen-bond donors (Lipinski definition) is 1. The number of nitrogens with zero attached hydrogens (tertiary/aromatic N) is 3. The van der Waals surface area contributed by atoms with Gasteiger partial charge < -0.3 is 19.5 Å². The lowest BCUT2D eigenvalue weighted by molar-refractivity contribution is -0.384. The number of amides is 1. The van der Waals surface area contributed by atoms with Crippen molar-refractivity contribution in [1.82, 2.24) is 9.88 Å². The van der Waals surface area contributed by atoms with Gasteiger partial charge in [-0.1, -0.05) is 0 Å². The number of pyridine rings is 1. The van der Waals surface area contributed by atoms with E-state index in [0.717, 1.165) is 5.56 Å². The molecule has 2 heterocycles. The lowest BCUT2D eigenvalue weighted by atomic mass is 9.95.